The highest BCUT2D eigenvalue weighted by Crippen LogP contribution is 2.36. The first-order chi connectivity index (χ1) is 10.0. The Morgan fingerprint density at radius 2 is 2.05 bits per heavy atom. The molecule has 1 aromatic carbocycles. The van der Waals surface area contributed by atoms with Crippen LogP contribution < -0.4 is 11.1 Å². The monoisotopic (exact) mass is 307 g/mol. The molecule has 1 aromatic rings. The highest BCUT2D eigenvalue weighted by Gasteiger charge is 2.42. The fraction of sp³-hybridized carbons (Fsp3) is 0.400. The molecule has 1 heterocycles. The Balaban J connectivity index is 2.31. The number of benzene rings is 1. The molecule has 3 N–H and O–H groups in total. The predicted octanol–water partition coefficient (Wildman–Crippen LogP) is 2.00. The Labute approximate surface area is 128 Å². The smallest absolute Gasteiger partial charge is 0.237 e. The largest absolute Gasteiger partial charge is 0.386 e. The van der Waals surface area contributed by atoms with Crippen molar-refractivity contribution in [2.75, 3.05) is 5.88 Å². The number of amides is 2. The molecule has 1 aliphatic rings. The van der Waals surface area contributed by atoms with E-state index in [1.807, 2.05) is 19.1 Å². The van der Waals surface area contributed by atoms with Crippen LogP contribution in [0.5, 0.6) is 0 Å². The average Bonchev–Trinajstić information content (AvgIpc) is 2.49. The van der Waals surface area contributed by atoms with Gasteiger partial charge in [0.25, 0.3) is 0 Å². The van der Waals surface area contributed by atoms with Crippen molar-refractivity contribution >= 4 is 34.9 Å². The van der Waals surface area contributed by atoms with Gasteiger partial charge in [-0.1, -0.05) is 19.1 Å². The van der Waals surface area contributed by atoms with Crippen molar-refractivity contribution in [2.24, 2.45) is 10.7 Å². The third kappa shape index (κ3) is 3.08. The first kappa shape index (κ1) is 15.5. The molecule has 21 heavy (non-hydrogen) atoms. The van der Waals surface area contributed by atoms with Crippen molar-refractivity contribution in [3.8, 4) is 0 Å². The van der Waals surface area contributed by atoms with E-state index in [-0.39, 0.29) is 17.7 Å². The number of amidine groups is 1. The van der Waals surface area contributed by atoms with Gasteiger partial charge in [-0.15, -0.1) is 11.6 Å². The van der Waals surface area contributed by atoms with Crippen LogP contribution in [0, 0.1) is 0 Å². The maximum absolute atomic E-state index is 12.3. The molecule has 5 nitrogen and oxygen atoms in total. The van der Waals surface area contributed by atoms with E-state index in [0.29, 0.717) is 30.8 Å². The van der Waals surface area contributed by atoms with Crippen LogP contribution in [0.3, 0.4) is 0 Å². The number of nitrogens with zero attached hydrogens (tertiary/aromatic N) is 1. The standard InChI is InChI=1S/C15H18ClN3O2/c1-2-15(8-7-13(20)19-14(15)21)10-3-5-11(6-4-10)18-12(17)9-16/h3-6H,2,7-9H2,1H3,(H2,17,18)(H,19,20,21). The zero-order valence-corrected chi connectivity index (χ0v) is 12.6. The number of aliphatic imine (C=N–C) groups is 1. The number of nitrogens with one attached hydrogen (secondary N) is 1. The number of carbonyl (C=O) groups is 2. The van der Waals surface area contributed by atoms with Crippen LogP contribution in [0.2, 0.25) is 0 Å². The van der Waals surface area contributed by atoms with Gasteiger partial charge in [0.2, 0.25) is 11.8 Å². The number of halogens is 1. The number of carbonyl (C=O) groups excluding carboxylic acids is 2. The van der Waals surface area contributed by atoms with E-state index in [2.05, 4.69) is 10.3 Å². The van der Waals surface area contributed by atoms with Crippen LogP contribution in [0.15, 0.2) is 29.3 Å². The molecule has 1 unspecified atom stereocenters. The fourth-order valence-electron chi connectivity index (χ4n) is 2.62. The van der Waals surface area contributed by atoms with E-state index >= 15 is 0 Å². The molecule has 2 amide bonds. The Morgan fingerprint density at radius 3 is 2.57 bits per heavy atom. The zero-order valence-electron chi connectivity index (χ0n) is 11.9. The predicted molar refractivity (Wildman–Crippen MR) is 82.8 cm³/mol. The molecule has 112 valence electrons. The minimum Gasteiger partial charge on any atom is -0.386 e. The van der Waals surface area contributed by atoms with Gasteiger partial charge in [-0.25, -0.2) is 4.99 Å². The summed E-state index contributed by atoms with van der Waals surface area (Å²) in [4.78, 5) is 27.8. The number of hydrogen-bond donors (Lipinski definition) is 2. The molecule has 0 radical (unpaired) electrons. The summed E-state index contributed by atoms with van der Waals surface area (Å²) in [5.74, 6) is 0.0825. The van der Waals surface area contributed by atoms with Crippen LogP contribution in [-0.4, -0.2) is 23.5 Å². The van der Waals surface area contributed by atoms with Crippen LogP contribution in [0.4, 0.5) is 5.69 Å². The Kier molecular flexibility index (Phi) is 4.63. The third-order valence-corrected chi connectivity index (χ3v) is 4.17. The van der Waals surface area contributed by atoms with Gasteiger partial charge in [-0.3, -0.25) is 14.9 Å². The average molecular weight is 308 g/mol. The maximum atomic E-state index is 12.3. The molecule has 1 fully saturated rings. The minimum absolute atomic E-state index is 0.172. The van der Waals surface area contributed by atoms with E-state index in [0.717, 1.165) is 5.56 Å². The first-order valence-electron chi connectivity index (χ1n) is 6.85. The number of hydrogen-bond acceptors (Lipinski definition) is 3. The van der Waals surface area contributed by atoms with Crippen LogP contribution >= 0.6 is 11.6 Å². The maximum Gasteiger partial charge on any atom is 0.237 e. The summed E-state index contributed by atoms with van der Waals surface area (Å²) in [5, 5.41) is 2.43. The molecule has 0 saturated carbocycles. The number of piperidine rings is 1. The van der Waals surface area contributed by atoms with E-state index < -0.39 is 5.41 Å². The third-order valence-electron chi connectivity index (χ3n) is 3.90. The summed E-state index contributed by atoms with van der Waals surface area (Å²) < 4.78 is 0. The quantitative estimate of drug-likeness (QED) is 0.386. The summed E-state index contributed by atoms with van der Waals surface area (Å²) in [6, 6.07) is 7.32. The van der Waals surface area contributed by atoms with E-state index in [4.69, 9.17) is 17.3 Å². The highest BCUT2D eigenvalue weighted by molar-refractivity contribution is 6.28. The van der Waals surface area contributed by atoms with Gasteiger partial charge < -0.3 is 5.73 Å². The highest BCUT2D eigenvalue weighted by atomic mass is 35.5. The molecule has 6 heteroatoms. The lowest BCUT2D eigenvalue weighted by molar-refractivity contribution is -0.138. The topological polar surface area (TPSA) is 84.5 Å². The Morgan fingerprint density at radius 1 is 1.38 bits per heavy atom. The minimum atomic E-state index is -0.645. The van der Waals surface area contributed by atoms with Gasteiger partial charge in [-0.05, 0) is 30.5 Å². The summed E-state index contributed by atoms with van der Waals surface area (Å²) in [5.41, 5.74) is 6.52. The second-order valence-electron chi connectivity index (χ2n) is 5.10. The molecule has 0 aliphatic carbocycles. The van der Waals surface area contributed by atoms with Gasteiger partial charge in [0, 0.05) is 6.42 Å². The molecule has 1 atom stereocenters. The fourth-order valence-corrected chi connectivity index (χ4v) is 2.68. The molecule has 1 saturated heterocycles. The summed E-state index contributed by atoms with van der Waals surface area (Å²) in [6.07, 6.45) is 1.53. The molecule has 0 bridgehead atoms. The van der Waals surface area contributed by atoms with Crippen molar-refractivity contribution in [3.63, 3.8) is 0 Å². The number of nitrogens with two attached hydrogens (primary N) is 1. The van der Waals surface area contributed by atoms with Gasteiger partial charge in [0.1, 0.15) is 5.84 Å². The lowest BCUT2D eigenvalue weighted by atomic mass is 9.72. The number of rotatable bonds is 4. The second-order valence-corrected chi connectivity index (χ2v) is 5.36. The summed E-state index contributed by atoms with van der Waals surface area (Å²) in [7, 11) is 0. The van der Waals surface area contributed by atoms with Crippen LogP contribution in [0.25, 0.3) is 0 Å². The van der Waals surface area contributed by atoms with Crippen molar-refractivity contribution in [2.45, 2.75) is 31.6 Å². The summed E-state index contributed by atoms with van der Waals surface area (Å²) in [6.45, 7) is 1.95. The Bertz CT molecular complexity index is 583. The van der Waals surface area contributed by atoms with Crippen LogP contribution in [-0.2, 0) is 15.0 Å². The lowest BCUT2D eigenvalue weighted by Crippen LogP contribution is -2.51. The van der Waals surface area contributed by atoms with E-state index in [9.17, 15) is 9.59 Å². The SMILES string of the molecule is CCC1(c2ccc(N=C(N)CCl)cc2)CCC(=O)NC1=O. The van der Waals surface area contributed by atoms with E-state index in [1.165, 1.54) is 0 Å². The second kappa shape index (κ2) is 6.26. The Hall–Kier alpha value is -1.88. The normalized spacial score (nSPS) is 23.0. The molecule has 1 aliphatic heterocycles. The number of imide groups is 1. The first-order valence-corrected chi connectivity index (χ1v) is 7.39. The lowest BCUT2D eigenvalue weighted by Gasteiger charge is -2.34. The van der Waals surface area contributed by atoms with Crippen LogP contribution in [0.1, 0.15) is 31.7 Å². The molecule has 0 aromatic heterocycles. The van der Waals surface area contributed by atoms with Gasteiger partial charge >= 0.3 is 0 Å². The van der Waals surface area contributed by atoms with Crippen molar-refractivity contribution in [3.05, 3.63) is 29.8 Å². The number of alkyl halides is 1. The van der Waals surface area contributed by atoms with Gasteiger partial charge in [0.05, 0.1) is 17.0 Å². The molecular formula is C15H18ClN3O2. The van der Waals surface area contributed by atoms with Crippen molar-refractivity contribution in [1.29, 1.82) is 0 Å². The molecule has 2 rings (SSSR count). The van der Waals surface area contributed by atoms with Crippen molar-refractivity contribution in [1.82, 2.24) is 5.32 Å². The molecular weight excluding hydrogens is 290 g/mol. The van der Waals surface area contributed by atoms with Gasteiger partial charge in [-0.2, -0.15) is 0 Å². The summed E-state index contributed by atoms with van der Waals surface area (Å²) >= 11 is 5.59. The van der Waals surface area contributed by atoms with Crippen molar-refractivity contribution < 1.29 is 9.59 Å². The molecule has 0 spiro atoms. The van der Waals surface area contributed by atoms with Gasteiger partial charge in [0.15, 0.2) is 0 Å². The zero-order chi connectivity index (χ0) is 15.5. The van der Waals surface area contributed by atoms with E-state index in [1.54, 1.807) is 12.1 Å².